The zero-order valence-corrected chi connectivity index (χ0v) is 11.6. The topological polar surface area (TPSA) is 29.1 Å². The predicted molar refractivity (Wildman–Crippen MR) is 73.2 cm³/mol. The average molecular weight is 326 g/mol. The van der Waals surface area contributed by atoms with Crippen LogP contribution in [0.25, 0.3) is 0 Å². The number of carbonyl (C=O) groups excluding carboxylic acids is 1. The van der Waals surface area contributed by atoms with E-state index < -0.39 is 17.5 Å². The van der Waals surface area contributed by atoms with Gasteiger partial charge in [0.2, 0.25) is 0 Å². The second-order valence-corrected chi connectivity index (χ2v) is 4.90. The quantitative estimate of drug-likeness (QED) is 0.876. The zero-order chi connectivity index (χ0) is 14.0. The molecule has 1 N–H and O–H groups in total. The van der Waals surface area contributed by atoms with Crippen molar-refractivity contribution >= 4 is 27.5 Å². The molecule has 2 rings (SSSR count). The van der Waals surface area contributed by atoms with E-state index in [9.17, 15) is 13.6 Å². The Morgan fingerprint density at radius 2 is 1.89 bits per heavy atom. The minimum atomic E-state index is -0.804. The van der Waals surface area contributed by atoms with E-state index in [4.69, 9.17) is 0 Å². The van der Waals surface area contributed by atoms with Gasteiger partial charge in [0.05, 0.1) is 5.69 Å². The lowest BCUT2D eigenvalue weighted by Crippen LogP contribution is -2.13. The normalized spacial score (nSPS) is 10.3. The molecule has 0 aliphatic carbocycles. The molecule has 0 fully saturated rings. The zero-order valence-electron chi connectivity index (χ0n) is 10.0. The molecule has 0 atom stereocenters. The monoisotopic (exact) mass is 325 g/mol. The fourth-order valence-corrected chi connectivity index (χ4v) is 1.82. The summed E-state index contributed by atoms with van der Waals surface area (Å²) in [6.45, 7) is 1.85. The number of nitrogens with one attached hydrogen (secondary N) is 1. The lowest BCUT2D eigenvalue weighted by atomic mass is 10.1. The second-order valence-electron chi connectivity index (χ2n) is 4.04. The van der Waals surface area contributed by atoms with Crippen molar-refractivity contribution in [3.05, 3.63) is 63.6 Å². The number of hydrogen-bond donors (Lipinski definition) is 1. The second kappa shape index (κ2) is 5.48. The van der Waals surface area contributed by atoms with Gasteiger partial charge in [-0.1, -0.05) is 15.9 Å². The third-order valence-corrected chi connectivity index (χ3v) is 3.49. The van der Waals surface area contributed by atoms with Crippen LogP contribution in [0.2, 0.25) is 0 Å². The van der Waals surface area contributed by atoms with Crippen LogP contribution in [0.1, 0.15) is 15.9 Å². The van der Waals surface area contributed by atoms with Crippen molar-refractivity contribution in [3.63, 3.8) is 0 Å². The highest BCUT2D eigenvalue weighted by molar-refractivity contribution is 9.10. The van der Waals surface area contributed by atoms with Gasteiger partial charge in [-0.2, -0.15) is 0 Å². The minimum Gasteiger partial charge on any atom is -0.319 e. The maximum absolute atomic E-state index is 13.4. The Balaban J connectivity index is 2.23. The van der Waals surface area contributed by atoms with Crippen LogP contribution in [0.15, 0.2) is 40.9 Å². The van der Waals surface area contributed by atoms with Gasteiger partial charge in [-0.15, -0.1) is 0 Å². The average Bonchev–Trinajstić information content (AvgIpc) is 2.36. The third-order valence-electron chi connectivity index (χ3n) is 2.60. The molecule has 0 spiro atoms. The summed E-state index contributed by atoms with van der Waals surface area (Å²) in [5.41, 5.74) is 1.25. The first-order valence-corrected chi connectivity index (χ1v) is 6.29. The molecule has 2 nitrogen and oxygen atoms in total. The number of hydrogen-bond acceptors (Lipinski definition) is 1. The van der Waals surface area contributed by atoms with Crippen molar-refractivity contribution in [3.8, 4) is 0 Å². The summed E-state index contributed by atoms with van der Waals surface area (Å²) in [7, 11) is 0. The third kappa shape index (κ3) is 3.17. The van der Waals surface area contributed by atoms with E-state index in [0.717, 1.165) is 22.2 Å². The van der Waals surface area contributed by atoms with Crippen molar-refractivity contribution in [2.24, 2.45) is 0 Å². The van der Waals surface area contributed by atoms with Crippen LogP contribution in [0.4, 0.5) is 14.5 Å². The van der Waals surface area contributed by atoms with Crippen molar-refractivity contribution < 1.29 is 13.6 Å². The SMILES string of the molecule is Cc1cc(C(=O)Nc2ccc(F)cc2F)ccc1Br. The first kappa shape index (κ1) is 13.7. The number of halogens is 3. The van der Waals surface area contributed by atoms with E-state index >= 15 is 0 Å². The highest BCUT2D eigenvalue weighted by atomic mass is 79.9. The lowest BCUT2D eigenvalue weighted by Gasteiger charge is -2.07. The molecule has 0 radical (unpaired) electrons. The lowest BCUT2D eigenvalue weighted by molar-refractivity contribution is 0.102. The van der Waals surface area contributed by atoms with E-state index in [-0.39, 0.29) is 5.69 Å². The largest absolute Gasteiger partial charge is 0.319 e. The Morgan fingerprint density at radius 1 is 1.16 bits per heavy atom. The Labute approximate surface area is 117 Å². The molecule has 0 heterocycles. The molecule has 2 aromatic rings. The van der Waals surface area contributed by atoms with Gasteiger partial charge in [0, 0.05) is 16.1 Å². The number of rotatable bonds is 2. The smallest absolute Gasteiger partial charge is 0.255 e. The Kier molecular flexibility index (Phi) is 3.95. The summed E-state index contributed by atoms with van der Waals surface area (Å²) in [6.07, 6.45) is 0. The molecule has 0 saturated heterocycles. The summed E-state index contributed by atoms with van der Waals surface area (Å²) in [4.78, 5) is 11.9. The number of carbonyl (C=O) groups is 1. The molecule has 0 aromatic heterocycles. The molecular formula is C14H10BrF2NO. The van der Waals surface area contributed by atoms with E-state index in [2.05, 4.69) is 21.2 Å². The van der Waals surface area contributed by atoms with E-state index in [1.54, 1.807) is 18.2 Å². The summed E-state index contributed by atoms with van der Waals surface area (Å²) in [5.74, 6) is -1.93. The van der Waals surface area contributed by atoms with E-state index in [0.29, 0.717) is 5.56 Å². The number of aryl methyl sites for hydroxylation is 1. The molecule has 0 aliphatic heterocycles. The van der Waals surface area contributed by atoms with Gasteiger partial charge in [-0.25, -0.2) is 8.78 Å². The highest BCUT2D eigenvalue weighted by Crippen LogP contribution is 2.19. The van der Waals surface area contributed by atoms with E-state index in [1.165, 1.54) is 6.07 Å². The van der Waals surface area contributed by atoms with Gasteiger partial charge in [0.1, 0.15) is 11.6 Å². The van der Waals surface area contributed by atoms with Gasteiger partial charge in [-0.3, -0.25) is 4.79 Å². The summed E-state index contributed by atoms with van der Waals surface area (Å²) in [5, 5.41) is 2.40. The molecule has 1 amide bonds. The van der Waals surface area contributed by atoms with Gasteiger partial charge >= 0.3 is 0 Å². The fraction of sp³-hybridized carbons (Fsp3) is 0.0714. The molecule has 98 valence electrons. The van der Waals surface area contributed by atoms with Gasteiger partial charge in [-0.05, 0) is 42.8 Å². The molecule has 0 aliphatic rings. The van der Waals surface area contributed by atoms with Gasteiger partial charge < -0.3 is 5.32 Å². The van der Waals surface area contributed by atoms with Gasteiger partial charge in [0.15, 0.2) is 0 Å². The molecule has 2 aromatic carbocycles. The van der Waals surface area contributed by atoms with Crippen LogP contribution >= 0.6 is 15.9 Å². The van der Waals surface area contributed by atoms with Crippen LogP contribution in [-0.4, -0.2) is 5.91 Å². The van der Waals surface area contributed by atoms with Crippen LogP contribution < -0.4 is 5.32 Å². The standard InChI is InChI=1S/C14H10BrF2NO/c1-8-6-9(2-4-11(8)15)14(19)18-13-5-3-10(16)7-12(13)17/h2-7H,1H3,(H,18,19). The maximum Gasteiger partial charge on any atom is 0.255 e. The molecule has 5 heteroatoms. The van der Waals surface area contributed by atoms with Crippen molar-refractivity contribution in [2.75, 3.05) is 5.32 Å². The molecule has 0 bridgehead atoms. The summed E-state index contributed by atoms with van der Waals surface area (Å²) in [6, 6.07) is 8.04. The number of anilines is 1. The molecule has 0 saturated carbocycles. The van der Waals surface area contributed by atoms with Crippen LogP contribution in [-0.2, 0) is 0 Å². The summed E-state index contributed by atoms with van der Waals surface area (Å²) < 4.78 is 27.0. The van der Waals surface area contributed by atoms with Gasteiger partial charge in [0.25, 0.3) is 5.91 Å². The Bertz CT molecular complexity index is 643. The number of amides is 1. The first-order valence-electron chi connectivity index (χ1n) is 5.50. The molecule has 0 unspecified atom stereocenters. The van der Waals surface area contributed by atoms with Crippen molar-refractivity contribution in [1.82, 2.24) is 0 Å². The van der Waals surface area contributed by atoms with E-state index in [1.807, 2.05) is 6.92 Å². The van der Waals surface area contributed by atoms with Crippen LogP contribution in [0, 0.1) is 18.6 Å². The predicted octanol–water partition coefficient (Wildman–Crippen LogP) is 4.29. The minimum absolute atomic E-state index is 0.0491. The first-order chi connectivity index (χ1) is 8.97. The highest BCUT2D eigenvalue weighted by Gasteiger charge is 2.10. The van der Waals surface area contributed by atoms with Crippen molar-refractivity contribution in [1.29, 1.82) is 0 Å². The summed E-state index contributed by atoms with van der Waals surface area (Å²) >= 11 is 3.33. The Hall–Kier alpha value is -1.75. The van der Waals surface area contributed by atoms with Crippen LogP contribution in [0.5, 0.6) is 0 Å². The Morgan fingerprint density at radius 3 is 2.53 bits per heavy atom. The van der Waals surface area contributed by atoms with Crippen LogP contribution in [0.3, 0.4) is 0 Å². The maximum atomic E-state index is 13.4. The van der Waals surface area contributed by atoms with Crippen molar-refractivity contribution in [2.45, 2.75) is 6.92 Å². The fourth-order valence-electron chi connectivity index (χ4n) is 1.57. The number of benzene rings is 2. The molecule has 19 heavy (non-hydrogen) atoms. The molecular weight excluding hydrogens is 316 g/mol.